The zero-order valence-electron chi connectivity index (χ0n) is 17.3. The third-order valence-corrected chi connectivity index (χ3v) is 7.15. The van der Waals surface area contributed by atoms with Gasteiger partial charge in [0.2, 0.25) is 5.82 Å². The molecule has 0 saturated heterocycles. The second-order valence-corrected chi connectivity index (χ2v) is 8.85. The lowest BCUT2D eigenvalue weighted by Crippen LogP contribution is -2.26. The van der Waals surface area contributed by atoms with Gasteiger partial charge in [0.15, 0.2) is 11.6 Å². The van der Waals surface area contributed by atoms with Crippen LogP contribution in [0.5, 0.6) is 5.75 Å². The molecular weight excluding hydrogens is 342 g/mol. The minimum absolute atomic E-state index is 0.0498. The molecule has 3 rings (SSSR count). The predicted octanol–water partition coefficient (Wildman–Crippen LogP) is 7.55. The predicted molar refractivity (Wildman–Crippen MR) is 107 cm³/mol. The van der Waals surface area contributed by atoms with Crippen molar-refractivity contribution in [3.63, 3.8) is 0 Å². The third kappa shape index (κ3) is 4.66. The Kier molecular flexibility index (Phi) is 7.16. The molecule has 0 aliphatic heterocycles. The minimum Gasteiger partial charge on any atom is -0.491 e. The second-order valence-electron chi connectivity index (χ2n) is 8.85. The van der Waals surface area contributed by atoms with Crippen LogP contribution in [-0.4, -0.2) is 6.61 Å². The largest absolute Gasteiger partial charge is 0.491 e. The Balaban J connectivity index is 1.60. The molecule has 1 aromatic rings. The Morgan fingerprint density at radius 2 is 1.48 bits per heavy atom. The van der Waals surface area contributed by atoms with Gasteiger partial charge in [0, 0.05) is 0 Å². The molecule has 27 heavy (non-hydrogen) atoms. The zero-order chi connectivity index (χ0) is 19.4. The van der Waals surface area contributed by atoms with Gasteiger partial charge in [-0.15, -0.1) is 0 Å². The van der Waals surface area contributed by atoms with Crippen molar-refractivity contribution in [3.05, 3.63) is 28.8 Å². The Morgan fingerprint density at radius 1 is 0.889 bits per heavy atom. The standard InChI is InChI=1S/C24H36F2O/c1-4-6-17-7-9-18(10-8-17)19-11-13-20(14-12-19)22-16(3)15-21(27-5-2)23(25)24(22)26/h15,17-20H,4-14H2,1-3H3. The van der Waals surface area contributed by atoms with E-state index >= 15 is 0 Å². The molecule has 1 aromatic carbocycles. The fourth-order valence-electron chi connectivity index (χ4n) is 5.73. The number of hydrogen-bond acceptors (Lipinski definition) is 1. The molecule has 0 spiro atoms. The van der Waals surface area contributed by atoms with Gasteiger partial charge in [0.1, 0.15) is 0 Å². The van der Waals surface area contributed by atoms with Gasteiger partial charge in [-0.2, -0.15) is 4.39 Å². The molecule has 0 aromatic heterocycles. The summed E-state index contributed by atoms with van der Waals surface area (Å²) in [6.45, 7) is 6.32. The van der Waals surface area contributed by atoms with E-state index in [0.29, 0.717) is 12.2 Å². The summed E-state index contributed by atoms with van der Waals surface area (Å²) >= 11 is 0. The number of benzene rings is 1. The van der Waals surface area contributed by atoms with Crippen molar-refractivity contribution < 1.29 is 13.5 Å². The van der Waals surface area contributed by atoms with Gasteiger partial charge in [-0.05, 0) is 93.2 Å². The molecule has 0 N–H and O–H groups in total. The summed E-state index contributed by atoms with van der Waals surface area (Å²) in [4.78, 5) is 0. The molecule has 2 aliphatic carbocycles. The second kappa shape index (κ2) is 9.39. The smallest absolute Gasteiger partial charge is 0.200 e. The minimum atomic E-state index is -0.811. The first-order valence-electron chi connectivity index (χ1n) is 11.2. The number of halogens is 2. The van der Waals surface area contributed by atoms with Crippen LogP contribution in [-0.2, 0) is 0 Å². The molecule has 0 amide bonds. The van der Waals surface area contributed by atoms with Gasteiger partial charge in [0.25, 0.3) is 0 Å². The fourth-order valence-corrected chi connectivity index (χ4v) is 5.73. The van der Waals surface area contributed by atoms with Crippen molar-refractivity contribution in [2.75, 3.05) is 6.61 Å². The zero-order valence-corrected chi connectivity index (χ0v) is 17.3. The molecule has 0 heterocycles. The highest BCUT2D eigenvalue weighted by Crippen LogP contribution is 2.46. The average molecular weight is 379 g/mol. The first-order chi connectivity index (χ1) is 13.0. The summed E-state index contributed by atoms with van der Waals surface area (Å²) in [6.07, 6.45) is 12.6. The van der Waals surface area contributed by atoms with Crippen LogP contribution < -0.4 is 4.74 Å². The molecule has 152 valence electrons. The van der Waals surface area contributed by atoms with E-state index in [9.17, 15) is 8.78 Å². The molecule has 2 saturated carbocycles. The maximum atomic E-state index is 14.7. The molecule has 2 aliphatic rings. The summed E-state index contributed by atoms with van der Waals surface area (Å²) in [5.41, 5.74) is 1.43. The molecular formula is C24H36F2O. The third-order valence-electron chi connectivity index (χ3n) is 7.15. The van der Waals surface area contributed by atoms with Crippen molar-refractivity contribution in [2.45, 2.75) is 90.9 Å². The molecule has 2 fully saturated rings. The van der Waals surface area contributed by atoms with Crippen LogP contribution in [0.2, 0.25) is 0 Å². The van der Waals surface area contributed by atoms with E-state index < -0.39 is 11.6 Å². The summed E-state index contributed by atoms with van der Waals surface area (Å²) in [5.74, 6) is 1.32. The van der Waals surface area contributed by atoms with Gasteiger partial charge in [0.05, 0.1) is 6.61 Å². The average Bonchev–Trinajstić information content (AvgIpc) is 2.68. The maximum Gasteiger partial charge on any atom is 0.200 e. The Labute approximate surface area is 163 Å². The van der Waals surface area contributed by atoms with Crippen molar-refractivity contribution in [3.8, 4) is 5.75 Å². The van der Waals surface area contributed by atoms with Crippen LogP contribution in [0.3, 0.4) is 0 Å². The summed E-state index contributed by atoms with van der Waals surface area (Å²) in [7, 11) is 0. The van der Waals surface area contributed by atoms with Crippen molar-refractivity contribution >= 4 is 0 Å². The molecule has 0 radical (unpaired) electrons. The van der Waals surface area contributed by atoms with Crippen LogP contribution in [0.15, 0.2) is 6.07 Å². The Morgan fingerprint density at radius 3 is 2.04 bits per heavy atom. The monoisotopic (exact) mass is 378 g/mol. The first kappa shape index (κ1) is 20.6. The van der Waals surface area contributed by atoms with Crippen molar-refractivity contribution in [2.24, 2.45) is 17.8 Å². The van der Waals surface area contributed by atoms with E-state index in [1.165, 1.54) is 51.4 Å². The normalized spacial score (nSPS) is 28.9. The van der Waals surface area contributed by atoms with Crippen LogP contribution in [0, 0.1) is 36.3 Å². The van der Waals surface area contributed by atoms with E-state index in [4.69, 9.17) is 4.74 Å². The Bertz CT molecular complexity index is 611. The fraction of sp³-hybridized carbons (Fsp3) is 0.750. The van der Waals surface area contributed by atoms with Crippen LogP contribution in [0.1, 0.15) is 95.1 Å². The van der Waals surface area contributed by atoms with E-state index in [1.807, 2.05) is 6.92 Å². The summed E-state index contributed by atoms with van der Waals surface area (Å²) < 4.78 is 34.3. The number of rotatable bonds is 6. The number of aryl methyl sites for hydroxylation is 1. The highest BCUT2D eigenvalue weighted by Gasteiger charge is 2.33. The van der Waals surface area contributed by atoms with Gasteiger partial charge in [-0.25, -0.2) is 4.39 Å². The van der Waals surface area contributed by atoms with Gasteiger partial charge in [-0.1, -0.05) is 32.6 Å². The topological polar surface area (TPSA) is 9.23 Å². The Hall–Kier alpha value is -1.12. The van der Waals surface area contributed by atoms with Crippen molar-refractivity contribution in [1.82, 2.24) is 0 Å². The lowest BCUT2D eigenvalue weighted by atomic mass is 9.67. The van der Waals surface area contributed by atoms with Crippen LogP contribution >= 0.6 is 0 Å². The van der Waals surface area contributed by atoms with Crippen LogP contribution in [0.4, 0.5) is 8.78 Å². The SMILES string of the molecule is CCCC1CCC(C2CCC(c3c(C)cc(OCC)c(F)c3F)CC2)CC1. The lowest BCUT2D eigenvalue weighted by molar-refractivity contribution is 0.155. The number of hydrogen-bond donors (Lipinski definition) is 0. The maximum absolute atomic E-state index is 14.7. The van der Waals surface area contributed by atoms with E-state index in [1.54, 1.807) is 13.0 Å². The van der Waals surface area contributed by atoms with Crippen molar-refractivity contribution in [1.29, 1.82) is 0 Å². The first-order valence-corrected chi connectivity index (χ1v) is 11.2. The van der Waals surface area contributed by atoms with E-state index in [0.717, 1.165) is 36.2 Å². The molecule has 3 heteroatoms. The van der Waals surface area contributed by atoms with Gasteiger partial charge >= 0.3 is 0 Å². The molecule has 0 unspecified atom stereocenters. The van der Waals surface area contributed by atoms with Gasteiger partial charge in [-0.3, -0.25) is 0 Å². The molecule has 0 atom stereocenters. The van der Waals surface area contributed by atoms with E-state index in [2.05, 4.69) is 6.92 Å². The molecule has 1 nitrogen and oxygen atoms in total. The summed E-state index contributed by atoms with van der Waals surface area (Å²) in [6, 6.07) is 1.68. The molecule has 0 bridgehead atoms. The quantitative estimate of drug-likeness (QED) is 0.496. The summed E-state index contributed by atoms with van der Waals surface area (Å²) in [5, 5.41) is 0. The number of ether oxygens (including phenoxy) is 1. The highest BCUT2D eigenvalue weighted by molar-refractivity contribution is 5.40. The van der Waals surface area contributed by atoms with Gasteiger partial charge < -0.3 is 4.74 Å². The lowest BCUT2D eigenvalue weighted by Gasteiger charge is -2.38. The van der Waals surface area contributed by atoms with Crippen LogP contribution in [0.25, 0.3) is 0 Å². The van der Waals surface area contributed by atoms with E-state index in [-0.39, 0.29) is 11.7 Å². The highest BCUT2D eigenvalue weighted by atomic mass is 19.2.